The van der Waals surface area contributed by atoms with Gasteiger partial charge in [-0.25, -0.2) is 4.98 Å². The van der Waals surface area contributed by atoms with Gasteiger partial charge in [0.1, 0.15) is 5.75 Å². The van der Waals surface area contributed by atoms with Crippen molar-refractivity contribution in [2.24, 2.45) is 0 Å². The Hall–Kier alpha value is -1.74. The molecule has 1 atom stereocenters. The molecule has 1 unspecified atom stereocenters. The first-order valence-electron chi connectivity index (χ1n) is 6.78. The number of halogens is 1. The third kappa shape index (κ3) is 2.59. The first kappa shape index (κ1) is 13.3. The van der Waals surface area contributed by atoms with Gasteiger partial charge in [-0.15, -0.1) is 0 Å². The van der Waals surface area contributed by atoms with E-state index in [1.807, 2.05) is 19.1 Å². The molecule has 2 aromatic rings. The van der Waals surface area contributed by atoms with E-state index in [4.69, 9.17) is 16.3 Å². The second kappa shape index (κ2) is 5.33. The Bertz CT molecular complexity index is 642. The van der Waals surface area contributed by atoms with Crippen LogP contribution >= 0.6 is 11.6 Å². The highest BCUT2D eigenvalue weighted by Gasteiger charge is 2.15. The zero-order valence-electron chi connectivity index (χ0n) is 11.6. The van der Waals surface area contributed by atoms with Gasteiger partial charge in [-0.3, -0.25) is 0 Å². The van der Waals surface area contributed by atoms with Crippen LogP contribution in [0, 0.1) is 6.92 Å². The normalized spacial score (nSPS) is 14.6. The van der Waals surface area contributed by atoms with Crippen LogP contribution in [0.4, 0.5) is 5.69 Å². The molecule has 1 aromatic carbocycles. The second-order valence-electron chi connectivity index (χ2n) is 5.18. The van der Waals surface area contributed by atoms with Crippen molar-refractivity contribution in [1.29, 1.82) is 0 Å². The van der Waals surface area contributed by atoms with Crippen molar-refractivity contribution in [1.82, 2.24) is 4.98 Å². The number of ether oxygens (including phenoxy) is 1. The fourth-order valence-corrected chi connectivity index (χ4v) is 2.60. The summed E-state index contributed by atoms with van der Waals surface area (Å²) in [6.45, 7) is 4.91. The molecule has 1 aliphatic rings. The Morgan fingerprint density at radius 1 is 1.35 bits per heavy atom. The molecule has 0 saturated carbocycles. The van der Waals surface area contributed by atoms with E-state index >= 15 is 0 Å². The minimum absolute atomic E-state index is 0.169. The Kier molecular flexibility index (Phi) is 3.53. The SMILES string of the molecule is Cc1cnc(Cl)c(NC(C)c2ccc3c(c2)CCO3)c1. The maximum atomic E-state index is 6.13. The summed E-state index contributed by atoms with van der Waals surface area (Å²) < 4.78 is 5.53. The van der Waals surface area contributed by atoms with Crippen LogP contribution < -0.4 is 10.1 Å². The van der Waals surface area contributed by atoms with Crippen molar-refractivity contribution in [3.8, 4) is 5.75 Å². The number of anilines is 1. The quantitative estimate of drug-likeness (QED) is 0.862. The van der Waals surface area contributed by atoms with Crippen LogP contribution in [0.1, 0.15) is 29.7 Å². The lowest BCUT2D eigenvalue weighted by molar-refractivity contribution is 0.357. The number of pyridine rings is 1. The molecule has 1 aliphatic heterocycles. The molecular weight excluding hydrogens is 272 g/mol. The van der Waals surface area contributed by atoms with E-state index in [0.29, 0.717) is 5.15 Å². The number of fused-ring (bicyclic) bond motifs is 1. The monoisotopic (exact) mass is 288 g/mol. The third-order valence-corrected chi connectivity index (χ3v) is 3.86. The van der Waals surface area contributed by atoms with Gasteiger partial charge in [-0.2, -0.15) is 0 Å². The van der Waals surface area contributed by atoms with Gasteiger partial charge in [0, 0.05) is 18.7 Å². The van der Waals surface area contributed by atoms with Crippen molar-refractivity contribution < 1.29 is 4.74 Å². The summed E-state index contributed by atoms with van der Waals surface area (Å²) in [6, 6.07) is 8.53. The maximum Gasteiger partial charge on any atom is 0.152 e. The van der Waals surface area contributed by atoms with Crippen molar-refractivity contribution >= 4 is 17.3 Å². The van der Waals surface area contributed by atoms with Crippen LogP contribution in [0.3, 0.4) is 0 Å². The largest absolute Gasteiger partial charge is 0.493 e. The van der Waals surface area contributed by atoms with Crippen molar-refractivity contribution in [3.05, 3.63) is 52.3 Å². The number of nitrogens with zero attached hydrogens (tertiary/aromatic N) is 1. The lowest BCUT2D eigenvalue weighted by atomic mass is 10.0. The summed E-state index contributed by atoms with van der Waals surface area (Å²) in [5, 5.41) is 3.93. The molecule has 0 aliphatic carbocycles. The molecule has 1 aromatic heterocycles. The van der Waals surface area contributed by atoms with Gasteiger partial charge >= 0.3 is 0 Å². The fraction of sp³-hybridized carbons (Fsp3) is 0.312. The number of rotatable bonds is 3. The Labute approximate surface area is 123 Å². The standard InChI is InChI=1S/C16H17ClN2O/c1-10-7-14(16(17)18-9-10)19-11(2)12-3-4-15-13(8-12)5-6-20-15/h3-4,7-9,11,19H,5-6H2,1-2H3. The summed E-state index contributed by atoms with van der Waals surface area (Å²) in [6.07, 6.45) is 2.76. The highest BCUT2D eigenvalue weighted by Crippen LogP contribution is 2.30. The van der Waals surface area contributed by atoms with Gasteiger partial charge < -0.3 is 10.1 Å². The highest BCUT2D eigenvalue weighted by molar-refractivity contribution is 6.31. The molecule has 104 valence electrons. The van der Waals surface area contributed by atoms with Gasteiger partial charge in [0.05, 0.1) is 12.3 Å². The van der Waals surface area contributed by atoms with Crippen LogP contribution in [0.25, 0.3) is 0 Å². The number of hydrogen-bond donors (Lipinski definition) is 1. The lowest BCUT2D eigenvalue weighted by Crippen LogP contribution is -2.08. The summed E-state index contributed by atoms with van der Waals surface area (Å²) in [7, 11) is 0. The van der Waals surface area contributed by atoms with Gasteiger partial charge in [-0.1, -0.05) is 17.7 Å². The summed E-state index contributed by atoms with van der Waals surface area (Å²) in [5.74, 6) is 1.01. The van der Waals surface area contributed by atoms with E-state index in [9.17, 15) is 0 Å². The van der Waals surface area contributed by atoms with Gasteiger partial charge in [-0.05, 0) is 48.7 Å². The molecule has 2 heterocycles. The Morgan fingerprint density at radius 2 is 2.20 bits per heavy atom. The van der Waals surface area contributed by atoms with Gasteiger partial charge in [0.25, 0.3) is 0 Å². The van der Waals surface area contributed by atoms with Crippen LogP contribution in [0.2, 0.25) is 5.15 Å². The molecular formula is C16H17ClN2O. The van der Waals surface area contributed by atoms with Crippen LogP contribution in [0.5, 0.6) is 5.75 Å². The van der Waals surface area contributed by atoms with E-state index in [0.717, 1.165) is 30.0 Å². The Morgan fingerprint density at radius 3 is 3.05 bits per heavy atom. The third-order valence-electron chi connectivity index (χ3n) is 3.56. The topological polar surface area (TPSA) is 34.2 Å². The molecule has 0 fully saturated rings. The van der Waals surface area contributed by atoms with Gasteiger partial charge in [0.2, 0.25) is 0 Å². The van der Waals surface area contributed by atoms with Crippen LogP contribution in [-0.2, 0) is 6.42 Å². The molecule has 0 bridgehead atoms. The molecule has 1 N–H and O–H groups in total. The molecule has 0 saturated heterocycles. The summed E-state index contributed by atoms with van der Waals surface area (Å²) in [4.78, 5) is 4.17. The molecule has 0 radical (unpaired) electrons. The van der Waals surface area contributed by atoms with E-state index in [1.165, 1.54) is 11.1 Å². The minimum Gasteiger partial charge on any atom is -0.493 e. The molecule has 4 heteroatoms. The van der Waals surface area contributed by atoms with Crippen LogP contribution in [-0.4, -0.2) is 11.6 Å². The number of aryl methyl sites for hydroxylation is 1. The zero-order chi connectivity index (χ0) is 14.1. The molecule has 3 rings (SSSR count). The van der Waals surface area contributed by atoms with E-state index < -0.39 is 0 Å². The average Bonchev–Trinajstić information content (AvgIpc) is 2.90. The van der Waals surface area contributed by atoms with E-state index in [-0.39, 0.29) is 6.04 Å². The average molecular weight is 289 g/mol. The molecule has 0 spiro atoms. The lowest BCUT2D eigenvalue weighted by Gasteiger charge is -2.17. The van der Waals surface area contributed by atoms with Crippen molar-refractivity contribution in [2.45, 2.75) is 26.3 Å². The highest BCUT2D eigenvalue weighted by atomic mass is 35.5. The van der Waals surface area contributed by atoms with Gasteiger partial charge in [0.15, 0.2) is 5.15 Å². The number of hydrogen-bond acceptors (Lipinski definition) is 3. The van der Waals surface area contributed by atoms with E-state index in [1.54, 1.807) is 6.20 Å². The van der Waals surface area contributed by atoms with Crippen molar-refractivity contribution in [3.63, 3.8) is 0 Å². The maximum absolute atomic E-state index is 6.13. The zero-order valence-corrected chi connectivity index (χ0v) is 12.4. The summed E-state index contributed by atoms with van der Waals surface area (Å²) in [5.41, 5.74) is 4.47. The molecule has 20 heavy (non-hydrogen) atoms. The minimum atomic E-state index is 0.169. The molecule has 3 nitrogen and oxygen atoms in total. The predicted molar refractivity (Wildman–Crippen MR) is 81.7 cm³/mol. The second-order valence-corrected chi connectivity index (χ2v) is 5.54. The van der Waals surface area contributed by atoms with E-state index in [2.05, 4.69) is 29.4 Å². The smallest absolute Gasteiger partial charge is 0.152 e. The number of nitrogens with one attached hydrogen (secondary N) is 1. The van der Waals surface area contributed by atoms with Crippen LogP contribution in [0.15, 0.2) is 30.5 Å². The Balaban J connectivity index is 1.82. The predicted octanol–water partition coefficient (Wildman–Crippen LogP) is 4.15. The first-order chi connectivity index (χ1) is 9.63. The fourth-order valence-electron chi connectivity index (χ4n) is 2.45. The number of benzene rings is 1. The first-order valence-corrected chi connectivity index (χ1v) is 7.15. The summed E-state index contributed by atoms with van der Waals surface area (Å²) >= 11 is 6.13. The van der Waals surface area contributed by atoms with Crippen molar-refractivity contribution in [2.75, 3.05) is 11.9 Å². The number of aromatic nitrogens is 1. The molecule has 0 amide bonds.